The van der Waals surface area contributed by atoms with Crippen LogP contribution in [-0.2, 0) is 23.8 Å². The fourth-order valence-electron chi connectivity index (χ4n) is 7.60. The van der Waals surface area contributed by atoms with Crippen molar-refractivity contribution in [1.82, 2.24) is 0 Å². The molecule has 6 heteroatoms. The highest BCUT2D eigenvalue weighted by atomic mass is 16.6. The third kappa shape index (κ3) is 3.05. The maximum absolute atomic E-state index is 12.7. The SMILES string of the molecule is CC1=CC(=O)OC1=CC1OC1(C)CCC1C(C)(O)CC2OC(=O)C3(C)CCCC1(C)C23. The highest BCUT2D eigenvalue weighted by molar-refractivity contribution is 5.88. The van der Waals surface area contributed by atoms with Gasteiger partial charge in [0.1, 0.15) is 18.0 Å². The van der Waals surface area contributed by atoms with Crippen LogP contribution in [0, 0.1) is 22.7 Å². The molecule has 6 nitrogen and oxygen atoms in total. The molecule has 2 saturated heterocycles. The smallest absolute Gasteiger partial charge is 0.336 e. The molecule has 0 bridgehead atoms. The van der Waals surface area contributed by atoms with Gasteiger partial charge in [-0.2, -0.15) is 0 Å². The van der Waals surface area contributed by atoms with E-state index in [0.717, 1.165) is 37.7 Å². The molecule has 0 spiro atoms. The Hall–Kier alpha value is -1.66. The van der Waals surface area contributed by atoms with Crippen molar-refractivity contribution in [3.8, 4) is 0 Å². The highest BCUT2D eigenvalue weighted by Crippen LogP contribution is 2.66. The van der Waals surface area contributed by atoms with Crippen LogP contribution >= 0.6 is 0 Å². The molecular formula is C25H34O6. The van der Waals surface area contributed by atoms with Gasteiger partial charge in [0.2, 0.25) is 0 Å². The first-order valence-electron chi connectivity index (χ1n) is 11.6. The van der Waals surface area contributed by atoms with E-state index in [0.29, 0.717) is 12.2 Å². The lowest BCUT2D eigenvalue weighted by molar-refractivity contribution is -0.182. The van der Waals surface area contributed by atoms with E-state index in [2.05, 4.69) is 20.8 Å². The summed E-state index contributed by atoms with van der Waals surface area (Å²) in [5.74, 6) is 0.394. The Morgan fingerprint density at radius 3 is 2.61 bits per heavy atom. The Labute approximate surface area is 184 Å². The number of epoxide rings is 1. The minimum Gasteiger partial charge on any atom is -0.461 e. The third-order valence-corrected chi connectivity index (χ3v) is 9.17. The number of esters is 2. The zero-order chi connectivity index (χ0) is 22.4. The summed E-state index contributed by atoms with van der Waals surface area (Å²) < 4.78 is 17.1. The molecule has 5 rings (SSSR count). The van der Waals surface area contributed by atoms with E-state index in [4.69, 9.17) is 14.2 Å². The van der Waals surface area contributed by atoms with Gasteiger partial charge in [-0.3, -0.25) is 4.79 Å². The van der Waals surface area contributed by atoms with Crippen LogP contribution in [0.3, 0.4) is 0 Å². The molecule has 0 aromatic rings. The fraction of sp³-hybridized carbons (Fsp3) is 0.760. The van der Waals surface area contributed by atoms with Crippen LogP contribution in [-0.4, -0.2) is 40.5 Å². The molecule has 170 valence electrons. The number of carbonyl (C=O) groups excluding carboxylic acids is 2. The van der Waals surface area contributed by atoms with E-state index in [1.165, 1.54) is 6.08 Å². The summed E-state index contributed by atoms with van der Waals surface area (Å²) >= 11 is 0. The number of ether oxygens (including phenoxy) is 3. The summed E-state index contributed by atoms with van der Waals surface area (Å²) in [6.07, 6.45) is 8.10. The van der Waals surface area contributed by atoms with Crippen molar-refractivity contribution in [3.63, 3.8) is 0 Å². The second kappa shape index (κ2) is 6.44. The van der Waals surface area contributed by atoms with Crippen molar-refractivity contribution in [2.45, 2.75) is 96.6 Å². The summed E-state index contributed by atoms with van der Waals surface area (Å²) in [6, 6.07) is 0. The topological polar surface area (TPSA) is 85.4 Å². The number of cyclic esters (lactones) is 1. The molecule has 0 aromatic heterocycles. The predicted molar refractivity (Wildman–Crippen MR) is 113 cm³/mol. The van der Waals surface area contributed by atoms with Crippen molar-refractivity contribution < 1.29 is 28.9 Å². The molecule has 3 aliphatic heterocycles. The molecule has 5 aliphatic rings. The zero-order valence-corrected chi connectivity index (χ0v) is 19.2. The van der Waals surface area contributed by atoms with Gasteiger partial charge < -0.3 is 19.3 Å². The van der Waals surface area contributed by atoms with E-state index >= 15 is 0 Å². The van der Waals surface area contributed by atoms with Gasteiger partial charge in [-0.15, -0.1) is 0 Å². The standard InChI is InChI=1S/C25H34O6/c1-14-11-19(26)29-15(14)12-18-25(5,31-18)10-7-17-22(2)8-6-9-23(3)20(22)16(30-21(23)27)13-24(17,4)28/h11-12,16-18,20,28H,6-10,13H2,1-5H3. The zero-order valence-electron chi connectivity index (χ0n) is 19.2. The minimum atomic E-state index is -0.891. The molecule has 4 fully saturated rings. The predicted octanol–water partition coefficient (Wildman–Crippen LogP) is 3.82. The average molecular weight is 431 g/mol. The summed E-state index contributed by atoms with van der Waals surface area (Å²) in [4.78, 5) is 24.2. The number of allylic oxidation sites excluding steroid dienone is 1. The van der Waals surface area contributed by atoms with Gasteiger partial charge in [0.05, 0.1) is 16.6 Å². The maximum atomic E-state index is 12.7. The van der Waals surface area contributed by atoms with Gasteiger partial charge in [-0.25, -0.2) is 4.79 Å². The summed E-state index contributed by atoms with van der Waals surface area (Å²) in [6.45, 7) is 10.2. The Kier molecular flexibility index (Phi) is 4.41. The lowest BCUT2D eigenvalue weighted by atomic mass is 9.44. The van der Waals surface area contributed by atoms with Crippen molar-refractivity contribution in [3.05, 3.63) is 23.5 Å². The van der Waals surface area contributed by atoms with Crippen molar-refractivity contribution in [2.75, 3.05) is 0 Å². The van der Waals surface area contributed by atoms with Crippen LogP contribution in [0.5, 0.6) is 0 Å². The first-order valence-corrected chi connectivity index (χ1v) is 11.6. The lowest BCUT2D eigenvalue weighted by Crippen LogP contribution is -2.61. The third-order valence-electron chi connectivity index (χ3n) is 9.17. The fourth-order valence-corrected chi connectivity index (χ4v) is 7.60. The van der Waals surface area contributed by atoms with Gasteiger partial charge in [0.25, 0.3) is 0 Å². The van der Waals surface area contributed by atoms with E-state index in [-0.39, 0.29) is 47.0 Å². The molecule has 0 radical (unpaired) electrons. The molecule has 8 atom stereocenters. The molecule has 2 aliphatic carbocycles. The molecule has 2 saturated carbocycles. The monoisotopic (exact) mass is 430 g/mol. The molecule has 3 heterocycles. The van der Waals surface area contributed by atoms with Crippen LogP contribution in [0.2, 0.25) is 0 Å². The first kappa shape index (κ1) is 21.2. The van der Waals surface area contributed by atoms with E-state index < -0.39 is 11.0 Å². The summed E-state index contributed by atoms with van der Waals surface area (Å²) in [5.41, 5.74) is -0.978. The van der Waals surface area contributed by atoms with Crippen molar-refractivity contribution >= 4 is 11.9 Å². The number of carbonyl (C=O) groups is 2. The van der Waals surface area contributed by atoms with Gasteiger partial charge in [-0.05, 0) is 76.4 Å². The van der Waals surface area contributed by atoms with Gasteiger partial charge >= 0.3 is 11.9 Å². The van der Waals surface area contributed by atoms with Crippen LogP contribution < -0.4 is 0 Å². The quantitative estimate of drug-likeness (QED) is 0.539. The molecule has 0 aromatic carbocycles. The van der Waals surface area contributed by atoms with Gasteiger partial charge in [0, 0.05) is 18.4 Å². The number of hydrogen-bond acceptors (Lipinski definition) is 6. The molecular weight excluding hydrogens is 396 g/mol. The van der Waals surface area contributed by atoms with Crippen LogP contribution in [0.1, 0.15) is 73.1 Å². The van der Waals surface area contributed by atoms with Crippen LogP contribution in [0.25, 0.3) is 0 Å². The van der Waals surface area contributed by atoms with Crippen LogP contribution in [0.15, 0.2) is 23.5 Å². The van der Waals surface area contributed by atoms with Crippen molar-refractivity contribution in [1.29, 1.82) is 0 Å². The second-order valence-corrected chi connectivity index (χ2v) is 11.5. The maximum Gasteiger partial charge on any atom is 0.336 e. The summed E-state index contributed by atoms with van der Waals surface area (Å²) in [5, 5.41) is 11.5. The largest absolute Gasteiger partial charge is 0.461 e. The second-order valence-electron chi connectivity index (χ2n) is 11.5. The van der Waals surface area contributed by atoms with E-state index in [1.807, 2.05) is 19.9 Å². The van der Waals surface area contributed by atoms with Crippen LogP contribution in [0.4, 0.5) is 0 Å². The molecule has 1 N–H and O–H groups in total. The Morgan fingerprint density at radius 2 is 1.94 bits per heavy atom. The molecule has 0 amide bonds. The number of aliphatic hydroxyl groups is 1. The Balaban J connectivity index is 1.35. The summed E-state index contributed by atoms with van der Waals surface area (Å²) in [7, 11) is 0. The van der Waals surface area contributed by atoms with Gasteiger partial charge in [0.15, 0.2) is 0 Å². The Morgan fingerprint density at radius 1 is 1.19 bits per heavy atom. The number of rotatable bonds is 4. The first-order chi connectivity index (χ1) is 14.4. The Bertz CT molecular complexity index is 902. The lowest BCUT2D eigenvalue weighted by Gasteiger charge is -2.59. The molecule has 31 heavy (non-hydrogen) atoms. The minimum absolute atomic E-state index is 0.0654. The van der Waals surface area contributed by atoms with Gasteiger partial charge in [-0.1, -0.05) is 13.3 Å². The highest BCUT2D eigenvalue weighted by Gasteiger charge is 2.69. The average Bonchev–Trinajstić information content (AvgIpc) is 3.03. The normalized spacial score (nSPS) is 51.9. The van der Waals surface area contributed by atoms with E-state index in [9.17, 15) is 14.7 Å². The number of hydrogen-bond donors (Lipinski definition) is 1. The molecule has 8 unspecified atom stereocenters. The van der Waals surface area contributed by atoms with Crippen molar-refractivity contribution in [2.24, 2.45) is 22.7 Å². The van der Waals surface area contributed by atoms with E-state index in [1.54, 1.807) is 0 Å².